The minimum atomic E-state index is -0.312. The summed E-state index contributed by atoms with van der Waals surface area (Å²) >= 11 is 0. The largest absolute Gasteiger partial charge is 0.486 e. The van der Waals surface area contributed by atoms with Crippen LogP contribution >= 0.6 is 0 Å². The van der Waals surface area contributed by atoms with Crippen molar-refractivity contribution in [2.45, 2.75) is 12.6 Å². The van der Waals surface area contributed by atoms with Gasteiger partial charge < -0.3 is 15.2 Å². The van der Waals surface area contributed by atoms with E-state index in [1.54, 1.807) is 12.3 Å². The molecule has 0 radical (unpaired) electrons. The van der Waals surface area contributed by atoms with E-state index in [2.05, 4.69) is 4.98 Å². The van der Waals surface area contributed by atoms with E-state index in [0.29, 0.717) is 25.5 Å². The first-order valence-electron chi connectivity index (χ1n) is 6.40. The van der Waals surface area contributed by atoms with E-state index >= 15 is 0 Å². The van der Waals surface area contributed by atoms with E-state index in [9.17, 15) is 4.79 Å². The quantitative estimate of drug-likeness (QED) is 0.891. The smallest absolute Gasteiger partial charge is 0.347 e. The van der Waals surface area contributed by atoms with E-state index < -0.39 is 0 Å². The van der Waals surface area contributed by atoms with Crippen molar-refractivity contribution in [2.24, 2.45) is 5.73 Å². The Labute approximate surface area is 115 Å². The van der Waals surface area contributed by atoms with Crippen LogP contribution in [0.2, 0.25) is 0 Å². The van der Waals surface area contributed by atoms with Gasteiger partial charge in [0.05, 0.1) is 0 Å². The van der Waals surface area contributed by atoms with Crippen LogP contribution in [0.15, 0.2) is 41.5 Å². The summed E-state index contributed by atoms with van der Waals surface area (Å²) in [5, 5.41) is 0. The van der Waals surface area contributed by atoms with Crippen molar-refractivity contribution in [3.63, 3.8) is 0 Å². The molecular weight excluding hydrogens is 258 g/mol. The maximum atomic E-state index is 11.6. The normalized spacial score (nSPS) is 14.8. The van der Waals surface area contributed by atoms with E-state index in [1.807, 2.05) is 18.2 Å². The summed E-state index contributed by atoms with van der Waals surface area (Å²) in [4.78, 5) is 15.3. The molecule has 0 aliphatic carbocycles. The highest BCUT2D eigenvalue weighted by atomic mass is 16.6. The summed E-state index contributed by atoms with van der Waals surface area (Å²) < 4.78 is 12.5. The second-order valence-corrected chi connectivity index (χ2v) is 4.56. The van der Waals surface area contributed by atoms with Gasteiger partial charge in [0.15, 0.2) is 11.5 Å². The average molecular weight is 273 g/mol. The van der Waals surface area contributed by atoms with Crippen LogP contribution in [0.4, 0.5) is 0 Å². The molecule has 1 aliphatic rings. The number of nitrogens with zero attached hydrogens (tertiary/aromatic N) is 2. The van der Waals surface area contributed by atoms with Crippen LogP contribution in [0.1, 0.15) is 11.6 Å². The predicted molar refractivity (Wildman–Crippen MR) is 72.9 cm³/mol. The molecule has 0 bridgehead atoms. The molecule has 1 atom stereocenters. The first-order valence-corrected chi connectivity index (χ1v) is 6.40. The van der Waals surface area contributed by atoms with Crippen molar-refractivity contribution in [3.05, 3.63) is 52.7 Å². The van der Waals surface area contributed by atoms with Gasteiger partial charge in [0.2, 0.25) is 0 Å². The molecule has 0 saturated carbocycles. The van der Waals surface area contributed by atoms with Gasteiger partial charge in [-0.15, -0.1) is 0 Å². The van der Waals surface area contributed by atoms with E-state index in [0.717, 1.165) is 11.3 Å². The monoisotopic (exact) mass is 273 g/mol. The number of aromatic nitrogens is 2. The van der Waals surface area contributed by atoms with Crippen molar-refractivity contribution >= 4 is 0 Å². The second kappa shape index (κ2) is 5.34. The number of hydrogen-bond donors (Lipinski definition) is 1. The maximum Gasteiger partial charge on any atom is 0.347 e. The molecule has 3 rings (SSSR count). The Morgan fingerprint density at radius 3 is 2.90 bits per heavy atom. The van der Waals surface area contributed by atoms with Crippen molar-refractivity contribution in [1.29, 1.82) is 0 Å². The molecule has 0 amide bonds. The van der Waals surface area contributed by atoms with Crippen LogP contribution in [0.3, 0.4) is 0 Å². The molecule has 1 aliphatic heterocycles. The molecule has 6 nitrogen and oxygen atoms in total. The number of nitrogens with two attached hydrogens (primary N) is 1. The lowest BCUT2D eigenvalue weighted by Gasteiger charge is -2.20. The van der Waals surface area contributed by atoms with Crippen LogP contribution < -0.4 is 20.9 Å². The SMILES string of the molecule is NC(Cn1cccnc1=O)c1ccc2c(c1)OCCO2. The molecule has 1 unspecified atom stereocenters. The fraction of sp³-hybridized carbons (Fsp3) is 0.286. The average Bonchev–Trinajstić information content (AvgIpc) is 2.49. The third-order valence-electron chi connectivity index (χ3n) is 3.17. The lowest BCUT2D eigenvalue weighted by molar-refractivity contribution is 0.171. The Morgan fingerprint density at radius 1 is 1.30 bits per heavy atom. The second-order valence-electron chi connectivity index (χ2n) is 4.56. The van der Waals surface area contributed by atoms with Crippen LogP contribution in [0.5, 0.6) is 11.5 Å². The summed E-state index contributed by atoms with van der Waals surface area (Å²) in [5.41, 5.74) is 6.73. The third kappa shape index (κ3) is 2.50. The van der Waals surface area contributed by atoms with Crippen molar-refractivity contribution in [3.8, 4) is 11.5 Å². The topological polar surface area (TPSA) is 79.4 Å². The molecular formula is C14H15N3O3. The standard InChI is InChI=1S/C14H15N3O3/c15-11(9-17-5-1-4-16-14(17)18)10-2-3-12-13(8-10)20-7-6-19-12/h1-5,8,11H,6-7,9,15H2. The predicted octanol–water partition coefficient (Wildman–Crippen LogP) is 0.714. The number of benzene rings is 1. The van der Waals surface area contributed by atoms with Gasteiger partial charge in [-0.1, -0.05) is 6.07 Å². The van der Waals surface area contributed by atoms with Crippen molar-refractivity contribution < 1.29 is 9.47 Å². The van der Waals surface area contributed by atoms with Gasteiger partial charge in [-0.25, -0.2) is 9.78 Å². The molecule has 6 heteroatoms. The molecule has 1 aromatic carbocycles. The van der Waals surface area contributed by atoms with Crippen LogP contribution in [0.25, 0.3) is 0 Å². The van der Waals surface area contributed by atoms with Gasteiger partial charge in [-0.3, -0.25) is 4.57 Å². The molecule has 104 valence electrons. The first-order chi connectivity index (χ1) is 9.74. The lowest BCUT2D eigenvalue weighted by atomic mass is 10.1. The molecule has 2 N–H and O–H groups in total. The van der Waals surface area contributed by atoms with E-state index in [4.69, 9.17) is 15.2 Å². The highest BCUT2D eigenvalue weighted by Gasteiger charge is 2.15. The molecule has 20 heavy (non-hydrogen) atoms. The number of hydrogen-bond acceptors (Lipinski definition) is 5. The van der Waals surface area contributed by atoms with Crippen molar-refractivity contribution in [2.75, 3.05) is 13.2 Å². The Morgan fingerprint density at radius 2 is 2.10 bits per heavy atom. The summed E-state index contributed by atoms with van der Waals surface area (Å²) in [6.07, 6.45) is 3.14. The molecule has 2 heterocycles. The summed E-state index contributed by atoms with van der Waals surface area (Å²) in [5.74, 6) is 1.42. The zero-order valence-corrected chi connectivity index (χ0v) is 10.9. The van der Waals surface area contributed by atoms with Crippen LogP contribution in [-0.2, 0) is 6.54 Å². The molecule has 0 spiro atoms. The van der Waals surface area contributed by atoms with Gasteiger partial charge in [0, 0.05) is 25.0 Å². The van der Waals surface area contributed by atoms with E-state index in [-0.39, 0.29) is 11.7 Å². The minimum absolute atomic E-state index is 0.305. The van der Waals surface area contributed by atoms with Gasteiger partial charge in [0.1, 0.15) is 13.2 Å². The Balaban J connectivity index is 1.82. The Bertz CT molecular complexity index is 669. The van der Waals surface area contributed by atoms with Gasteiger partial charge >= 0.3 is 5.69 Å². The summed E-state index contributed by atoms with van der Waals surface area (Å²) in [6.45, 7) is 1.46. The lowest BCUT2D eigenvalue weighted by Crippen LogP contribution is -2.27. The van der Waals surface area contributed by atoms with E-state index in [1.165, 1.54) is 10.8 Å². The fourth-order valence-electron chi connectivity index (χ4n) is 2.13. The Kier molecular flexibility index (Phi) is 3.39. The number of ether oxygens (including phenoxy) is 2. The zero-order valence-electron chi connectivity index (χ0n) is 10.9. The summed E-state index contributed by atoms with van der Waals surface area (Å²) in [7, 11) is 0. The molecule has 0 fully saturated rings. The van der Waals surface area contributed by atoms with Crippen molar-refractivity contribution in [1.82, 2.24) is 9.55 Å². The highest BCUT2D eigenvalue weighted by molar-refractivity contribution is 5.44. The maximum absolute atomic E-state index is 11.6. The highest BCUT2D eigenvalue weighted by Crippen LogP contribution is 2.32. The minimum Gasteiger partial charge on any atom is -0.486 e. The van der Waals surface area contributed by atoms with Gasteiger partial charge in [-0.05, 0) is 23.8 Å². The summed E-state index contributed by atoms with van der Waals surface area (Å²) in [6, 6.07) is 6.99. The number of fused-ring (bicyclic) bond motifs is 1. The molecule has 1 aromatic heterocycles. The van der Waals surface area contributed by atoms with Gasteiger partial charge in [0.25, 0.3) is 0 Å². The number of rotatable bonds is 3. The molecule has 0 saturated heterocycles. The fourth-order valence-corrected chi connectivity index (χ4v) is 2.13. The first kappa shape index (κ1) is 12.7. The third-order valence-corrected chi connectivity index (χ3v) is 3.17. The Hall–Kier alpha value is -2.34. The molecule has 2 aromatic rings. The zero-order chi connectivity index (χ0) is 13.9. The van der Waals surface area contributed by atoms with Crippen LogP contribution in [-0.4, -0.2) is 22.8 Å². The van der Waals surface area contributed by atoms with Crippen LogP contribution in [0, 0.1) is 0 Å². The van der Waals surface area contributed by atoms with Gasteiger partial charge in [-0.2, -0.15) is 0 Å².